The summed E-state index contributed by atoms with van der Waals surface area (Å²) in [6, 6.07) is 1.77. The van der Waals surface area contributed by atoms with Gasteiger partial charge in [-0.1, -0.05) is 5.92 Å². The molecule has 1 atom stereocenters. The first-order valence-electron chi connectivity index (χ1n) is 6.26. The standard InChI is InChI=1S/C13H19N5O/c1-10-11-9-12(14)15-18(11)8-7-17(10)13(19)5-4-6-16(2)3/h9-10H,6-8H2,1-3H3,(H2,14,15). The molecule has 2 heterocycles. The smallest absolute Gasteiger partial charge is 0.299 e. The second kappa shape index (κ2) is 5.33. The number of nitrogens with two attached hydrogens (primary N) is 1. The molecule has 0 bridgehead atoms. The van der Waals surface area contributed by atoms with Gasteiger partial charge in [-0.05, 0) is 26.9 Å². The van der Waals surface area contributed by atoms with E-state index >= 15 is 0 Å². The lowest BCUT2D eigenvalue weighted by Crippen LogP contribution is -2.40. The fourth-order valence-corrected chi connectivity index (χ4v) is 2.15. The van der Waals surface area contributed by atoms with Crippen molar-refractivity contribution in [1.29, 1.82) is 0 Å². The van der Waals surface area contributed by atoms with Crippen LogP contribution in [0.4, 0.5) is 5.82 Å². The zero-order valence-electron chi connectivity index (χ0n) is 11.6. The van der Waals surface area contributed by atoms with Crippen LogP contribution in [0.5, 0.6) is 0 Å². The highest BCUT2D eigenvalue weighted by molar-refractivity contribution is 5.93. The minimum absolute atomic E-state index is 0.0419. The molecule has 6 heteroatoms. The normalized spacial score (nSPS) is 17.9. The number of hydrogen-bond acceptors (Lipinski definition) is 4. The van der Waals surface area contributed by atoms with Gasteiger partial charge in [0, 0.05) is 12.6 Å². The Labute approximate surface area is 113 Å². The Morgan fingerprint density at radius 3 is 3.00 bits per heavy atom. The first-order valence-corrected chi connectivity index (χ1v) is 6.26. The summed E-state index contributed by atoms with van der Waals surface area (Å²) in [5.74, 6) is 5.91. The number of amides is 1. The van der Waals surface area contributed by atoms with Gasteiger partial charge in [-0.15, -0.1) is 0 Å². The van der Waals surface area contributed by atoms with Crippen LogP contribution >= 0.6 is 0 Å². The molecule has 0 spiro atoms. The Morgan fingerprint density at radius 1 is 1.58 bits per heavy atom. The quantitative estimate of drug-likeness (QED) is 0.719. The SMILES string of the molecule is CC1c2cc(N)nn2CCN1C(=O)C#CCN(C)C. The fraction of sp³-hybridized carbons (Fsp3) is 0.538. The van der Waals surface area contributed by atoms with Crippen LogP contribution in [-0.4, -0.2) is 52.7 Å². The Balaban J connectivity index is 2.10. The molecule has 2 rings (SSSR count). The number of anilines is 1. The molecule has 0 radical (unpaired) electrons. The molecule has 1 aromatic rings. The summed E-state index contributed by atoms with van der Waals surface area (Å²) in [7, 11) is 3.84. The van der Waals surface area contributed by atoms with Crippen molar-refractivity contribution < 1.29 is 4.79 Å². The number of nitrogens with zero attached hydrogens (tertiary/aromatic N) is 4. The van der Waals surface area contributed by atoms with E-state index in [4.69, 9.17) is 5.73 Å². The number of nitrogen functional groups attached to an aromatic ring is 1. The van der Waals surface area contributed by atoms with Crippen LogP contribution in [0.15, 0.2) is 6.07 Å². The Hall–Kier alpha value is -2.00. The van der Waals surface area contributed by atoms with Crippen LogP contribution in [0.2, 0.25) is 0 Å². The summed E-state index contributed by atoms with van der Waals surface area (Å²) >= 11 is 0. The largest absolute Gasteiger partial charge is 0.382 e. The number of fused-ring (bicyclic) bond motifs is 1. The third-order valence-electron chi connectivity index (χ3n) is 3.13. The number of rotatable bonds is 1. The van der Waals surface area contributed by atoms with Crippen molar-refractivity contribution >= 4 is 11.7 Å². The second-order valence-corrected chi connectivity index (χ2v) is 4.93. The minimum Gasteiger partial charge on any atom is -0.382 e. The van der Waals surface area contributed by atoms with Gasteiger partial charge in [0.15, 0.2) is 0 Å². The average molecular weight is 261 g/mol. The lowest BCUT2D eigenvalue weighted by Gasteiger charge is -2.32. The van der Waals surface area contributed by atoms with Crippen molar-refractivity contribution in [2.24, 2.45) is 0 Å². The van der Waals surface area contributed by atoms with E-state index in [-0.39, 0.29) is 11.9 Å². The Kier molecular flexibility index (Phi) is 3.76. The van der Waals surface area contributed by atoms with Crippen LogP contribution < -0.4 is 5.73 Å². The van der Waals surface area contributed by atoms with Gasteiger partial charge in [0.25, 0.3) is 5.91 Å². The topological polar surface area (TPSA) is 67.4 Å². The third kappa shape index (κ3) is 2.88. The zero-order chi connectivity index (χ0) is 14.0. The molecule has 0 aliphatic carbocycles. The van der Waals surface area contributed by atoms with Crippen molar-refractivity contribution in [2.75, 3.05) is 32.9 Å². The second-order valence-electron chi connectivity index (χ2n) is 4.93. The molecule has 1 aliphatic heterocycles. The summed E-state index contributed by atoms with van der Waals surface area (Å²) in [6.07, 6.45) is 0. The Morgan fingerprint density at radius 2 is 2.32 bits per heavy atom. The fourth-order valence-electron chi connectivity index (χ4n) is 2.15. The Bertz CT molecular complexity index is 537. The molecule has 0 saturated heterocycles. The van der Waals surface area contributed by atoms with Gasteiger partial charge in [-0.2, -0.15) is 5.10 Å². The van der Waals surface area contributed by atoms with Crippen LogP contribution in [-0.2, 0) is 11.3 Å². The monoisotopic (exact) mass is 261 g/mol. The van der Waals surface area contributed by atoms with Gasteiger partial charge in [-0.25, -0.2) is 0 Å². The minimum atomic E-state index is -0.139. The van der Waals surface area contributed by atoms with E-state index in [2.05, 4.69) is 16.9 Å². The first-order chi connectivity index (χ1) is 8.99. The summed E-state index contributed by atoms with van der Waals surface area (Å²) < 4.78 is 1.86. The average Bonchev–Trinajstić information content (AvgIpc) is 2.70. The molecule has 0 saturated carbocycles. The van der Waals surface area contributed by atoms with Gasteiger partial charge < -0.3 is 10.6 Å². The van der Waals surface area contributed by atoms with Crippen LogP contribution in [0.25, 0.3) is 0 Å². The highest BCUT2D eigenvalue weighted by atomic mass is 16.2. The van der Waals surface area contributed by atoms with Crippen molar-refractivity contribution in [3.05, 3.63) is 11.8 Å². The predicted molar refractivity (Wildman–Crippen MR) is 73.1 cm³/mol. The molecule has 1 aliphatic rings. The molecule has 0 fully saturated rings. The molecule has 1 amide bonds. The number of hydrogen-bond donors (Lipinski definition) is 1. The van der Waals surface area contributed by atoms with E-state index in [0.29, 0.717) is 25.5 Å². The predicted octanol–water partition coefficient (Wildman–Crippen LogP) is -0.0665. The third-order valence-corrected chi connectivity index (χ3v) is 3.13. The molecule has 19 heavy (non-hydrogen) atoms. The summed E-state index contributed by atoms with van der Waals surface area (Å²) in [4.78, 5) is 15.8. The van der Waals surface area contributed by atoms with E-state index in [1.807, 2.05) is 36.7 Å². The van der Waals surface area contributed by atoms with Gasteiger partial charge in [0.05, 0.1) is 24.8 Å². The van der Waals surface area contributed by atoms with E-state index in [1.165, 1.54) is 0 Å². The van der Waals surface area contributed by atoms with Gasteiger partial charge in [0.1, 0.15) is 5.82 Å². The first kappa shape index (κ1) is 13.4. The summed E-state index contributed by atoms with van der Waals surface area (Å²) in [6.45, 7) is 3.83. The van der Waals surface area contributed by atoms with Crippen molar-refractivity contribution in [2.45, 2.75) is 19.5 Å². The van der Waals surface area contributed by atoms with Crippen LogP contribution in [0, 0.1) is 11.8 Å². The van der Waals surface area contributed by atoms with Crippen molar-refractivity contribution in [3.63, 3.8) is 0 Å². The number of aromatic nitrogens is 2. The lowest BCUT2D eigenvalue weighted by molar-refractivity contribution is -0.128. The molecule has 1 aromatic heterocycles. The molecule has 102 valence electrons. The number of carbonyl (C=O) groups is 1. The van der Waals surface area contributed by atoms with Crippen molar-refractivity contribution in [1.82, 2.24) is 19.6 Å². The number of carbonyl (C=O) groups excluding carboxylic acids is 1. The molecular weight excluding hydrogens is 242 g/mol. The molecule has 2 N–H and O–H groups in total. The molecule has 0 aromatic carbocycles. The summed E-state index contributed by atoms with van der Waals surface area (Å²) in [5.41, 5.74) is 6.65. The van der Waals surface area contributed by atoms with E-state index < -0.39 is 0 Å². The van der Waals surface area contributed by atoms with E-state index in [9.17, 15) is 4.79 Å². The molecule has 6 nitrogen and oxygen atoms in total. The lowest BCUT2D eigenvalue weighted by atomic mass is 10.1. The molecular formula is C13H19N5O. The highest BCUT2D eigenvalue weighted by Gasteiger charge is 2.28. The maximum Gasteiger partial charge on any atom is 0.299 e. The van der Waals surface area contributed by atoms with Crippen LogP contribution in [0.1, 0.15) is 18.7 Å². The van der Waals surface area contributed by atoms with Gasteiger partial charge in [0.2, 0.25) is 0 Å². The highest BCUT2D eigenvalue weighted by Crippen LogP contribution is 2.25. The summed E-state index contributed by atoms with van der Waals surface area (Å²) in [5, 5.41) is 4.19. The maximum atomic E-state index is 12.1. The van der Waals surface area contributed by atoms with E-state index in [0.717, 1.165) is 5.69 Å². The van der Waals surface area contributed by atoms with E-state index in [1.54, 1.807) is 4.90 Å². The zero-order valence-corrected chi connectivity index (χ0v) is 11.6. The van der Waals surface area contributed by atoms with Crippen LogP contribution in [0.3, 0.4) is 0 Å². The maximum absolute atomic E-state index is 12.1. The molecule has 1 unspecified atom stereocenters. The van der Waals surface area contributed by atoms with Gasteiger partial charge in [-0.3, -0.25) is 14.4 Å². The van der Waals surface area contributed by atoms with Crippen molar-refractivity contribution in [3.8, 4) is 11.8 Å². The van der Waals surface area contributed by atoms with Gasteiger partial charge >= 0.3 is 0 Å².